The zero-order valence-corrected chi connectivity index (χ0v) is 10.6. The molecule has 1 aromatic carbocycles. The normalized spacial score (nSPS) is 19.2. The minimum absolute atomic E-state index is 0.0229. The van der Waals surface area contributed by atoms with Crippen LogP contribution in [0.4, 0.5) is 10.3 Å². The van der Waals surface area contributed by atoms with Crippen LogP contribution in [0.1, 0.15) is 39.0 Å². The van der Waals surface area contributed by atoms with E-state index in [0.717, 1.165) is 18.4 Å². The van der Waals surface area contributed by atoms with Gasteiger partial charge in [0.1, 0.15) is 5.52 Å². The minimum Gasteiger partial charge on any atom is -0.369 e. The van der Waals surface area contributed by atoms with E-state index in [9.17, 15) is 4.39 Å². The average molecular weight is 247 g/mol. The Bertz CT molecular complexity index is 582. The number of para-hydroxylation sites is 1. The lowest BCUT2D eigenvalue weighted by Gasteiger charge is -2.36. The number of imidazole rings is 1. The second kappa shape index (κ2) is 3.97. The maximum absolute atomic E-state index is 13.7. The lowest BCUT2D eigenvalue weighted by molar-refractivity contribution is 0.228. The van der Waals surface area contributed by atoms with Gasteiger partial charge in [0.25, 0.3) is 0 Å². The molecule has 4 heteroatoms. The highest BCUT2D eigenvalue weighted by molar-refractivity contribution is 5.79. The molecule has 0 amide bonds. The Kier molecular flexibility index (Phi) is 2.54. The van der Waals surface area contributed by atoms with Gasteiger partial charge < -0.3 is 10.3 Å². The number of halogens is 1. The Morgan fingerprint density at radius 3 is 2.72 bits per heavy atom. The van der Waals surface area contributed by atoms with Crippen molar-refractivity contribution in [2.75, 3.05) is 5.73 Å². The topological polar surface area (TPSA) is 43.8 Å². The van der Waals surface area contributed by atoms with Crippen molar-refractivity contribution in [2.45, 2.75) is 44.6 Å². The lowest BCUT2D eigenvalue weighted by Crippen LogP contribution is -2.33. The van der Waals surface area contributed by atoms with Crippen LogP contribution >= 0.6 is 0 Å². The molecular formula is C14H18FN3. The van der Waals surface area contributed by atoms with Crippen molar-refractivity contribution in [3.8, 4) is 0 Å². The lowest BCUT2D eigenvalue weighted by atomic mass is 9.83. The van der Waals surface area contributed by atoms with E-state index in [4.69, 9.17) is 5.73 Å². The summed E-state index contributed by atoms with van der Waals surface area (Å²) in [5.74, 6) is 0.136. The van der Waals surface area contributed by atoms with Gasteiger partial charge in [-0.2, -0.15) is 0 Å². The number of fused-ring (bicyclic) bond motifs is 1. The van der Waals surface area contributed by atoms with Crippen LogP contribution in [0.2, 0.25) is 0 Å². The molecule has 1 aromatic heterocycles. The number of anilines is 1. The van der Waals surface area contributed by atoms with E-state index >= 15 is 0 Å². The van der Waals surface area contributed by atoms with Crippen LogP contribution in [-0.2, 0) is 5.54 Å². The highest BCUT2D eigenvalue weighted by Gasteiger charge is 2.32. The van der Waals surface area contributed by atoms with E-state index in [0.29, 0.717) is 11.5 Å². The number of rotatable bonds is 1. The van der Waals surface area contributed by atoms with Crippen LogP contribution in [-0.4, -0.2) is 9.55 Å². The summed E-state index contributed by atoms with van der Waals surface area (Å²) >= 11 is 0. The third-order valence-corrected chi connectivity index (χ3v) is 4.13. The van der Waals surface area contributed by atoms with Crippen molar-refractivity contribution in [2.24, 2.45) is 0 Å². The third kappa shape index (κ3) is 1.59. The molecule has 0 aliphatic heterocycles. The van der Waals surface area contributed by atoms with E-state index in [2.05, 4.69) is 11.9 Å². The predicted molar refractivity (Wildman–Crippen MR) is 70.8 cm³/mol. The molecule has 0 bridgehead atoms. The average Bonchev–Trinajstić information content (AvgIpc) is 2.68. The number of hydrogen-bond acceptors (Lipinski definition) is 2. The predicted octanol–water partition coefficient (Wildman–Crippen LogP) is 3.44. The summed E-state index contributed by atoms with van der Waals surface area (Å²) in [6, 6.07) is 5.06. The van der Waals surface area contributed by atoms with Gasteiger partial charge in [0.05, 0.1) is 5.52 Å². The summed E-state index contributed by atoms with van der Waals surface area (Å²) in [5.41, 5.74) is 7.21. The summed E-state index contributed by atoms with van der Waals surface area (Å²) < 4.78 is 15.8. The number of nitrogens with zero attached hydrogens (tertiary/aromatic N) is 2. The number of nitrogens with two attached hydrogens (primary N) is 1. The highest BCUT2D eigenvalue weighted by atomic mass is 19.1. The molecule has 1 aliphatic carbocycles. The molecule has 0 spiro atoms. The molecule has 1 fully saturated rings. The molecule has 2 N–H and O–H groups in total. The van der Waals surface area contributed by atoms with Crippen molar-refractivity contribution in [1.29, 1.82) is 0 Å². The van der Waals surface area contributed by atoms with Gasteiger partial charge in [-0.15, -0.1) is 0 Å². The second-order valence-corrected chi connectivity index (χ2v) is 5.47. The Balaban J connectivity index is 2.22. The first-order chi connectivity index (χ1) is 8.62. The van der Waals surface area contributed by atoms with Gasteiger partial charge in [-0.3, -0.25) is 0 Å². The molecule has 18 heavy (non-hydrogen) atoms. The van der Waals surface area contributed by atoms with E-state index in [-0.39, 0.29) is 11.4 Å². The molecule has 0 radical (unpaired) electrons. The van der Waals surface area contributed by atoms with Crippen LogP contribution in [0.3, 0.4) is 0 Å². The zero-order chi connectivity index (χ0) is 12.8. The SMILES string of the molecule is CC1(n2c(N)nc3c(F)cccc32)CCCCC1. The Morgan fingerprint density at radius 2 is 2.00 bits per heavy atom. The van der Waals surface area contributed by atoms with E-state index in [1.54, 1.807) is 6.07 Å². The fourth-order valence-electron chi connectivity index (χ4n) is 3.19. The van der Waals surface area contributed by atoms with E-state index in [1.165, 1.54) is 25.3 Å². The molecule has 0 atom stereocenters. The summed E-state index contributed by atoms with van der Waals surface area (Å²) in [7, 11) is 0. The molecular weight excluding hydrogens is 229 g/mol. The first kappa shape index (κ1) is 11.5. The molecule has 1 saturated carbocycles. The van der Waals surface area contributed by atoms with Crippen LogP contribution in [0.15, 0.2) is 18.2 Å². The van der Waals surface area contributed by atoms with Gasteiger partial charge in [-0.05, 0) is 31.9 Å². The van der Waals surface area contributed by atoms with Gasteiger partial charge in [-0.1, -0.05) is 25.3 Å². The molecule has 3 rings (SSSR count). The van der Waals surface area contributed by atoms with E-state index < -0.39 is 0 Å². The van der Waals surface area contributed by atoms with Crippen LogP contribution < -0.4 is 5.73 Å². The standard InChI is InChI=1S/C14H18FN3/c1-14(8-3-2-4-9-14)18-11-7-5-6-10(15)12(11)17-13(18)16/h5-7H,2-4,8-9H2,1H3,(H2,16,17). The van der Waals surface area contributed by atoms with Crippen LogP contribution in [0, 0.1) is 5.82 Å². The molecule has 3 nitrogen and oxygen atoms in total. The number of aromatic nitrogens is 2. The highest BCUT2D eigenvalue weighted by Crippen LogP contribution is 2.38. The summed E-state index contributed by atoms with van der Waals surface area (Å²) in [6.45, 7) is 2.20. The van der Waals surface area contributed by atoms with Gasteiger partial charge >= 0.3 is 0 Å². The Hall–Kier alpha value is -1.58. The van der Waals surface area contributed by atoms with Crippen molar-refractivity contribution in [3.63, 3.8) is 0 Å². The second-order valence-electron chi connectivity index (χ2n) is 5.47. The smallest absolute Gasteiger partial charge is 0.201 e. The molecule has 1 heterocycles. The molecule has 0 saturated heterocycles. The van der Waals surface area contributed by atoms with Crippen molar-refractivity contribution in [1.82, 2.24) is 9.55 Å². The van der Waals surface area contributed by atoms with Crippen molar-refractivity contribution < 1.29 is 4.39 Å². The minimum atomic E-state index is -0.294. The quantitative estimate of drug-likeness (QED) is 0.839. The van der Waals surface area contributed by atoms with Gasteiger partial charge in [-0.25, -0.2) is 9.37 Å². The maximum Gasteiger partial charge on any atom is 0.201 e. The summed E-state index contributed by atoms with van der Waals surface area (Å²) in [6.07, 6.45) is 5.84. The number of benzene rings is 1. The Labute approximate surface area is 106 Å². The summed E-state index contributed by atoms with van der Waals surface area (Å²) in [4.78, 5) is 4.20. The Morgan fingerprint density at radius 1 is 1.28 bits per heavy atom. The molecule has 0 unspecified atom stereocenters. The van der Waals surface area contributed by atoms with Crippen molar-refractivity contribution >= 4 is 17.0 Å². The molecule has 1 aliphatic rings. The van der Waals surface area contributed by atoms with Gasteiger partial charge in [0, 0.05) is 5.54 Å². The van der Waals surface area contributed by atoms with Crippen LogP contribution in [0.5, 0.6) is 0 Å². The number of hydrogen-bond donors (Lipinski definition) is 1. The first-order valence-corrected chi connectivity index (χ1v) is 6.55. The monoisotopic (exact) mass is 247 g/mol. The van der Waals surface area contributed by atoms with E-state index in [1.807, 2.05) is 10.6 Å². The molecule has 96 valence electrons. The first-order valence-electron chi connectivity index (χ1n) is 6.55. The third-order valence-electron chi connectivity index (χ3n) is 4.13. The number of nitrogen functional groups attached to an aromatic ring is 1. The fourth-order valence-corrected chi connectivity index (χ4v) is 3.19. The maximum atomic E-state index is 13.7. The largest absolute Gasteiger partial charge is 0.369 e. The van der Waals surface area contributed by atoms with Gasteiger partial charge in [0.2, 0.25) is 5.95 Å². The van der Waals surface area contributed by atoms with Crippen LogP contribution in [0.25, 0.3) is 11.0 Å². The van der Waals surface area contributed by atoms with Crippen molar-refractivity contribution in [3.05, 3.63) is 24.0 Å². The summed E-state index contributed by atoms with van der Waals surface area (Å²) in [5, 5.41) is 0. The van der Waals surface area contributed by atoms with Gasteiger partial charge in [0.15, 0.2) is 5.82 Å². The fraction of sp³-hybridized carbons (Fsp3) is 0.500. The zero-order valence-electron chi connectivity index (χ0n) is 10.6. The molecule has 2 aromatic rings.